The number of amides is 1. The number of carbonyl (C=O) groups is 1. The third-order valence-corrected chi connectivity index (χ3v) is 3.57. The van der Waals surface area contributed by atoms with Crippen LogP contribution in [-0.4, -0.2) is 53.4 Å². The second kappa shape index (κ2) is 6.66. The van der Waals surface area contributed by atoms with Crippen molar-refractivity contribution < 1.29 is 4.79 Å². The van der Waals surface area contributed by atoms with Gasteiger partial charge in [0, 0.05) is 32.4 Å². The van der Waals surface area contributed by atoms with Gasteiger partial charge >= 0.3 is 0 Å². The summed E-state index contributed by atoms with van der Waals surface area (Å²) in [5, 5.41) is 0. The van der Waals surface area contributed by atoms with Crippen LogP contribution in [0.4, 0.5) is 0 Å². The van der Waals surface area contributed by atoms with Crippen molar-refractivity contribution in [1.29, 1.82) is 0 Å². The Bertz CT molecular complexity index is 397. The normalized spacial score (nSPS) is 16.9. The van der Waals surface area contributed by atoms with Crippen molar-refractivity contribution in [3.05, 3.63) is 30.1 Å². The number of carbonyl (C=O) groups excluding carboxylic acids is 1. The topological polar surface area (TPSA) is 36.4 Å². The summed E-state index contributed by atoms with van der Waals surface area (Å²) >= 11 is 0. The number of piperazine rings is 1. The summed E-state index contributed by atoms with van der Waals surface area (Å²) in [5.41, 5.74) is 0.554. The summed E-state index contributed by atoms with van der Waals surface area (Å²) in [4.78, 5) is 20.7. The van der Waals surface area contributed by atoms with Gasteiger partial charge in [-0.1, -0.05) is 19.9 Å². The molecule has 0 radical (unpaired) electrons. The first-order valence-electron chi connectivity index (χ1n) is 7.09. The van der Waals surface area contributed by atoms with Crippen LogP contribution in [0.15, 0.2) is 24.4 Å². The minimum absolute atomic E-state index is 0.0594. The lowest BCUT2D eigenvalue weighted by Gasteiger charge is -2.34. The fraction of sp³-hybridized carbons (Fsp3) is 0.600. The molecule has 1 aliphatic rings. The predicted octanol–water partition coefficient (Wildman–Crippen LogP) is 1.89. The Morgan fingerprint density at radius 1 is 1.26 bits per heavy atom. The molecule has 1 amide bonds. The predicted molar refractivity (Wildman–Crippen MR) is 76.0 cm³/mol. The van der Waals surface area contributed by atoms with Crippen molar-refractivity contribution in [3.8, 4) is 0 Å². The standard InChI is InChI=1S/C15H23N3O/c1-13(2)6-8-17-9-11-18(12-10-17)15(19)14-5-3-4-7-16-14/h3-5,7,13H,6,8-12H2,1-2H3. The molecule has 1 aromatic heterocycles. The number of nitrogens with zero attached hydrogens (tertiary/aromatic N) is 3. The minimum Gasteiger partial charge on any atom is -0.335 e. The maximum absolute atomic E-state index is 12.2. The zero-order valence-corrected chi connectivity index (χ0v) is 11.9. The van der Waals surface area contributed by atoms with E-state index in [1.807, 2.05) is 17.0 Å². The third kappa shape index (κ3) is 4.03. The fourth-order valence-electron chi connectivity index (χ4n) is 2.27. The van der Waals surface area contributed by atoms with E-state index in [-0.39, 0.29) is 5.91 Å². The molecule has 2 rings (SSSR count). The molecule has 0 aliphatic carbocycles. The van der Waals surface area contributed by atoms with Crippen molar-refractivity contribution in [1.82, 2.24) is 14.8 Å². The Labute approximate surface area is 115 Å². The average molecular weight is 261 g/mol. The Hall–Kier alpha value is -1.42. The van der Waals surface area contributed by atoms with Crippen molar-refractivity contribution >= 4 is 5.91 Å². The van der Waals surface area contributed by atoms with E-state index in [0.717, 1.165) is 38.6 Å². The van der Waals surface area contributed by atoms with Crippen LogP contribution in [0, 0.1) is 5.92 Å². The molecule has 0 bridgehead atoms. The number of rotatable bonds is 4. The molecule has 1 aliphatic heterocycles. The van der Waals surface area contributed by atoms with E-state index in [4.69, 9.17) is 0 Å². The molecule has 0 unspecified atom stereocenters. The molecule has 0 N–H and O–H groups in total. The molecular formula is C15H23N3O. The van der Waals surface area contributed by atoms with Crippen molar-refractivity contribution in [2.24, 2.45) is 5.92 Å². The number of hydrogen-bond donors (Lipinski definition) is 0. The van der Waals surface area contributed by atoms with Gasteiger partial charge in [0.05, 0.1) is 0 Å². The summed E-state index contributed by atoms with van der Waals surface area (Å²) < 4.78 is 0. The van der Waals surface area contributed by atoms with Crippen LogP contribution in [0.1, 0.15) is 30.8 Å². The van der Waals surface area contributed by atoms with Crippen LogP contribution in [0.5, 0.6) is 0 Å². The quantitative estimate of drug-likeness (QED) is 0.830. The van der Waals surface area contributed by atoms with Gasteiger partial charge in [0.25, 0.3) is 5.91 Å². The summed E-state index contributed by atoms with van der Waals surface area (Å²) in [6, 6.07) is 5.48. The second-order valence-electron chi connectivity index (χ2n) is 5.53. The van der Waals surface area contributed by atoms with Crippen molar-refractivity contribution in [2.75, 3.05) is 32.7 Å². The fourth-order valence-corrected chi connectivity index (χ4v) is 2.27. The number of aromatic nitrogens is 1. The lowest BCUT2D eigenvalue weighted by molar-refractivity contribution is 0.0626. The van der Waals surface area contributed by atoms with Gasteiger partial charge in [-0.25, -0.2) is 0 Å². The number of hydrogen-bond acceptors (Lipinski definition) is 3. The second-order valence-corrected chi connectivity index (χ2v) is 5.53. The van der Waals surface area contributed by atoms with Crippen LogP contribution in [0.2, 0.25) is 0 Å². The Balaban J connectivity index is 1.81. The van der Waals surface area contributed by atoms with Gasteiger partial charge in [0.15, 0.2) is 0 Å². The highest BCUT2D eigenvalue weighted by molar-refractivity contribution is 5.92. The van der Waals surface area contributed by atoms with Gasteiger partial charge in [-0.15, -0.1) is 0 Å². The molecule has 1 saturated heterocycles. The largest absolute Gasteiger partial charge is 0.335 e. The van der Waals surface area contributed by atoms with Crippen LogP contribution >= 0.6 is 0 Å². The van der Waals surface area contributed by atoms with Crippen molar-refractivity contribution in [2.45, 2.75) is 20.3 Å². The van der Waals surface area contributed by atoms with E-state index in [0.29, 0.717) is 5.69 Å². The first-order chi connectivity index (χ1) is 9.16. The monoisotopic (exact) mass is 261 g/mol. The molecule has 104 valence electrons. The molecule has 1 fully saturated rings. The molecule has 1 aromatic rings. The van der Waals surface area contributed by atoms with Gasteiger partial charge < -0.3 is 4.90 Å². The molecule has 0 aromatic carbocycles. The van der Waals surface area contributed by atoms with Crippen molar-refractivity contribution in [3.63, 3.8) is 0 Å². The molecule has 4 heteroatoms. The van der Waals surface area contributed by atoms with E-state index in [1.54, 1.807) is 12.3 Å². The number of pyridine rings is 1. The molecule has 4 nitrogen and oxygen atoms in total. The van der Waals surface area contributed by atoms with Crippen LogP contribution in [0.3, 0.4) is 0 Å². The highest BCUT2D eigenvalue weighted by Gasteiger charge is 2.22. The van der Waals surface area contributed by atoms with Gasteiger partial charge in [0.2, 0.25) is 0 Å². The van der Waals surface area contributed by atoms with E-state index >= 15 is 0 Å². The SMILES string of the molecule is CC(C)CCN1CCN(C(=O)c2ccccn2)CC1. The lowest BCUT2D eigenvalue weighted by atomic mass is 10.1. The van der Waals surface area contributed by atoms with Gasteiger partial charge in [-0.3, -0.25) is 14.7 Å². The molecule has 0 saturated carbocycles. The highest BCUT2D eigenvalue weighted by Crippen LogP contribution is 2.09. The minimum atomic E-state index is 0.0594. The van der Waals surface area contributed by atoms with Gasteiger partial charge in [0.1, 0.15) is 5.69 Å². The Morgan fingerprint density at radius 2 is 2.00 bits per heavy atom. The van der Waals surface area contributed by atoms with E-state index in [1.165, 1.54) is 6.42 Å². The lowest BCUT2D eigenvalue weighted by Crippen LogP contribution is -2.49. The summed E-state index contributed by atoms with van der Waals surface area (Å²) in [7, 11) is 0. The maximum atomic E-state index is 12.2. The summed E-state index contributed by atoms with van der Waals surface area (Å²) in [6.07, 6.45) is 2.90. The van der Waals surface area contributed by atoms with E-state index in [9.17, 15) is 4.79 Å². The van der Waals surface area contributed by atoms with Gasteiger partial charge in [-0.05, 0) is 31.0 Å². The molecule has 2 heterocycles. The van der Waals surface area contributed by atoms with Crippen LogP contribution < -0.4 is 0 Å². The molecule has 19 heavy (non-hydrogen) atoms. The first kappa shape index (κ1) is 14.0. The zero-order chi connectivity index (χ0) is 13.7. The maximum Gasteiger partial charge on any atom is 0.272 e. The molecule has 0 atom stereocenters. The van der Waals surface area contributed by atoms with Crippen LogP contribution in [-0.2, 0) is 0 Å². The van der Waals surface area contributed by atoms with E-state index in [2.05, 4.69) is 23.7 Å². The van der Waals surface area contributed by atoms with E-state index < -0.39 is 0 Å². The summed E-state index contributed by atoms with van der Waals surface area (Å²) in [5.74, 6) is 0.803. The molecule has 0 spiro atoms. The smallest absolute Gasteiger partial charge is 0.272 e. The Kier molecular flexibility index (Phi) is 4.91. The zero-order valence-electron chi connectivity index (χ0n) is 11.9. The van der Waals surface area contributed by atoms with Crippen LogP contribution in [0.25, 0.3) is 0 Å². The average Bonchev–Trinajstić information content (AvgIpc) is 2.46. The third-order valence-electron chi connectivity index (χ3n) is 3.57. The molecular weight excluding hydrogens is 238 g/mol. The first-order valence-corrected chi connectivity index (χ1v) is 7.09. The summed E-state index contributed by atoms with van der Waals surface area (Å²) in [6.45, 7) is 9.22. The van der Waals surface area contributed by atoms with Gasteiger partial charge in [-0.2, -0.15) is 0 Å². The highest BCUT2D eigenvalue weighted by atomic mass is 16.2. The Morgan fingerprint density at radius 3 is 2.58 bits per heavy atom.